The maximum atomic E-state index is 13.8. The van der Waals surface area contributed by atoms with Gasteiger partial charge in [-0.2, -0.15) is 0 Å². The normalized spacial score (nSPS) is 19.7. The quantitative estimate of drug-likeness (QED) is 0.288. The van der Waals surface area contributed by atoms with E-state index in [4.69, 9.17) is 9.47 Å². The fourth-order valence-electron chi connectivity index (χ4n) is 5.33. The number of methoxy groups -OCH3 is 1. The number of benzene rings is 2. The molecule has 9 heteroatoms. The Morgan fingerprint density at radius 3 is 2.56 bits per heavy atom. The number of aryl methyl sites for hydroxylation is 1. The van der Waals surface area contributed by atoms with Gasteiger partial charge < -0.3 is 35.4 Å². The summed E-state index contributed by atoms with van der Waals surface area (Å²) in [6.45, 7) is 6.97. The lowest BCUT2D eigenvalue weighted by molar-refractivity contribution is -0.175. The summed E-state index contributed by atoms with van der Waals surface area (Å²) in [6, 6.07) is 14.8. The van der Waals surface area contributed by atoms with Gasteiger partial charge in [-0.15, -0.1) is 0 Å². The van der Waals surface area contributed by atoms with Crippen LogP contribution in [0.4, 0.5) is 0 Å². The first kappa shape index (κ1) is 29.0. The van der Waals surface area contributed by atoms with Gasteiger partial charge in [0.1, 0.15) is 23.5 Å². The third-order valence-electron chi connectivity index (χ3n) is 7.65. The van der Waals surface area contributed by atoms with Crippen LogP contribution in [0.2, 0.25) is 0 Å². The topological polar surface area (TPSA) is 112 Å². The highest BCUT2D eigenvalue weighted by molar-refractivity contribution is 5.90. The fourth-order valence-corrected chi connectivity index (χ4v) is 5.33. The van der Waals surface area contributed by atoms with Crippen LogP contribution in [0.15, 0.2) is 48.5 Å². The molecule has 0 radical (unpaired) electrons. The van der Waals surface area contributed by atoms with E-state index in [1.54, 1.807) is 12.0 Å². The summed E-state index contributed by atoms with van der Waals surface area (Å²) in [4.78, 5) is 28.6. The van der Waals surface area contributed by atoms with Crippen LogP contribution in [-0.2, 0) is 26.3 Å². The number of aliphatic hydroxyl groups is 1. The van der Waals surface area contributed by atoms with Crippen LogP contribution >= 0.6 is 0 Å². The van der Waals surface area contributed by atoms with Gasteiger partial charge in [0.15, 0.2) is 0 Å². The Balaban J connectivity index is 1.49. The van der Waals surface area contributed by atoms with Crippen LogP contribution in [0.3, 0.4) is 0 Å². The third kappa shape index (κ3) is 7.16. The third-order valence-corrected chi connectivity index (χ3v) is 7.65. The van der Waals surface area contributed by atoms with Crippen LogP contribution < -0.4 is 20.7 Å². The van der Waals surface area contributed by atoms with Crippen molar-refractivity contribution in [3.63, 3.8) is 0 Å². The second-order valence-corrected chi connectivity index (χ2v) is 10.6. The number of carbonyl (C=O) groups is 2. The second-order valence-electron chi connectivity index (χ2n) is 10.6. The van der Waals surface area contributed by atoms with E-state index in [2.05, 4.69) is 41.9 Å². The fraction of sp³-hybridized carbons (Fsp3) is 0.533. The molecule has 2 amide bonds. The van der Waals surface area contributed by atoms with Crippen LogP contribution in [0.1, 0.15) is 42.9 Å². The predicted molar refractivity (Wildman–Crippen MR) is 149 cm³/mol. The number of aliphatic hydroxyl groups excluding tert-OH is 1. The van der Waals surface area contributed by atoms with Crippen LogP contribution in [0, 0.1) is 6.92 Å². The summed E-state index contributed by atoms with van der Waals surface area (Å²) >= 11 is 0. The second kappa shape index (κ2) is 13.4. The molecule has 2 aromatic carbocycles. The average molecular weight is 539 g/mol. The maximum absolute atomic E-state index is 13.8. The highest BCUT2D eigenvalue weighted by Gasteiger charge is 2.49. The number of unbranched alkanes of at least 4 members (excludes halogenated alkanes) is 1. The van der Waals surface area contributed by atoms with Gasteiger partial charge in [-0.3, -0.25) is 9.59 Å². The number of amides is 2. The summed E-state index contributed by atoms with van der Waals surface area (Å²) in [5, 5.41) is 19.8. The summed E-state index contributed by atoms with van der Waals surface area (Å²) < 4.78 is 11.7. The molecule has 2 saturated heterocycles. The van der Waals surface area contributed by atoms with Crippen molar-refractivity contribution in [3.05, 3.63) is 65.2 Å². The number of nitrogens with one attached hydrogen (secondary N) is 3. The lowest BCUT2D eigenvalue weighted by Crippen LogP contribution is -2.66. The number of hydrogen-bond acceptors (Lipinski definition) is 7. The van der Waals surface area contributed by atoms with Crippen LogP contribution in [0.5, 0.6) is 5.75 Å². The molecule has 39 heavy (non-hydrogen) atoms. The van der Waals surface area contributed by atoms with E-state index >= 15 is 0 Å². The predicted octanol–water partition coefficient (Wildman–Crippen LogP) is 1.86. The molecule has 0 aromatic heterocycles. The molecule has 3 atom stereocenters. The smallest absolute Gasteiger partial charge is 0.249 e. The summed E-state index contributed by atoms with van der Waals surface area (Å²) in [7, 11) is 1.60. The van der Waals surface area contributed by atoms with Gasteiger partial charge >= 0.3 is 0 Å². The van der Waals surface area contributed by atoms with Gasteiger partial charge in [0.2, 0.25) is 11.8 Å². The molecular formula is C30H42N4O5. The summed E-state index contributed by atoms with van der Waals surface area (Å²) in [5.41, 5.74) is 2.54. The SMILES string of the molecule is CCCCOC1(c2ccccc2C)CN(C(=O)[C@@H](Cc2ccc(OC)cc2)NC(=O)[C@@H](O)CC2CNCN2)C1. The van der Waals surface area contributed by atoms with E-state index in [1.165, 1.54) is 0 Å². The Morgan fingerprint density at radius 2 is 1.92 bits per heavy atom. The van der Waals surface area contributed by atoms with E-state index in [1.807, 2.05) is 36.4 Å². The van der Waals surface area contributed by atoms with Crippen LogP contribution in [-0.4, -0.2) is 80.0 Å². The molecule has 2 heterocycles. The molecule has 0 bridgehead atoms. The Hall–Kier alpha value is -2.98. The molecule has 2 aromatic rings. The monoisotopic (exact) mass is 538 g/mol. The Bertz CT molecular complexity index is 1100. The number of rotatable bonds is 13. The van der Waals surface area contributed by atoms with E-state index < -0.39 is 23.7 Å². The minimum absolute atomic E-state index is 0.00636. The molecule has 4 N–H and O–H groups in total. The summed E-state index contributed by atoms with van der Waals surface area (Å²) in [5.74, 6) is -0.00971. The van der Waals surface area contributed by atoms with Crippen molar-refractivity contribution in [2.45, 2.75) is 63.3 Å². The zero-order chi connectivity index (χ0) is 27.8. The zero-order valence-corrected chi connectivity index (χ0v) is 23.2. The maximum Gasteiger partial charge on any atom is 0.249 e. The van der Waals surface area contributed by atoms with Gasteiger partial charge in [-0.25, -0.2) is 0 Å². The Morgan fingerprint density at radius 1 is 1.18 bits per heavy atom. The van der Waals surface area contributed by atoms with E-state index in [-0.39, 0.29) is 18.4 Å². The standard InChI is InChI=1S/C30H42N4O5/c1-4-5-14-39-30(25-9-7-6-8-21(25)2)18-34(19-30)29(37)26(15-22-10-12-24(38-3)13-11-22)33-28(36)27(35)16-23-17-31-20-32-23/h6-13,23,26-27,31-32,35H,4-5,14-20H2,1-3H3,(H,33,36)/t23?,26-,27+/m1/s1. The van der Waals surface area contributed by atoms with Crippen molar-refractivity contribution in [2.75, 3.05) is 40.0 Å². The van der Waals surface area contributed by atoms with E-state index in [0.717, 1.165) is 29.5 Å². The molecule has 4 rings (SSSR count). The average Bonchev–Trinajstić information content (AvgIpc) is 3.43. The first-order valence-corrected chi connectivity index (χ1v) is 13.9. The minimum atomic E-state index is -1.21. The highest BCUT2D eigenvalue weighted by atomic mass is 16.5. The molecule has 0 aliphatic carbocycles. The zero-order valence-electron chi connectivity index (χ0n) is 23.2. The van der Waals surface area contributed by atoms with Crippen molar-refractivity contribution in [2.24, 2.45) is 0 Å². The largest absolute Gasteiger partial charge is 0.497 e. The van der Waals surface area contributed by atoms with Gasteiger partial charge in [-0.1, -0.05) is 49.7 Å². The van der Waals surface area contributed by atoms with Crippen molar-refractivity contribution >= 4 is 11.8 Å². The first-order valence-electron chi connectivity index (χ1n) is 13.9. The molecule has 212 valence electrons. The van der Waals surface area contributed by atoms with Crippen LogP contribution in [0.25, 0.3) is 0 Å². The number of carbonyl (C=O) groups excluding carboxylic acids is 2. The number of likely N-dealkylation sites (tertiary alicyclic amines) is 1. The minimum Gasteiger partial charge on any atom is -0.497 e. The Labute approximate surface area is 231 Å². The molecule has 2 aliphatic heterocycles. The van der Waals surface area contributed by atoms with E-state index in [9.17, 15) is 14.7 Å². The summed E-state index contributed by atoms with van der Waals surface area (Å²) in [6.07, 6.45) is 1.33. The lowest BCUT2D eigenvalue weighted by Gasteiger charge is -2.51. The van der Waals surface area contributed by atoms with Crippen molar-refractivity contribution in [3.8, 4) is 5.75 Å². The van der Waals surface area contributed by atoms with E-state index in [0.29, 0.717) is 45.1 Å². The molecule has 0 spiro atoms. The van der Waals surface area contributed by atoms with Crippen molar-refractivity contribution in [1.29, 1.82) is 0 Å². The van der Waals surface area contributed by atoms with Gasteiger partial charge in [0.05, 0.1) is 20.2 Å². The van der Waals surface area contributed by atoms with Gasteiger partial charge in [-0.05, 0) is 48.6 Å². The van der Waals surface area contributed by atoms with Gasteiger partial charge in [0.25, 0.3) is 0 Å². The molecule has 2 fully saturated rings. The highest BCUT2D eigenvalue weighted by Crippen LogP contribution is 2.38. The molecular weight excluding hydrogens is 496 g/mol. The first-order chi connectivity index (χ1) is 18.8. The van der Waals surface area contributed by atoms with Gasteiger partial charge in [0, 0.05) is 32.3 Å². The number of nitrogens with zero attached hydrogens (tertiary/aromatic N) is 1. The van der Waals surface area contributed by atoms with Crippen molar-refractivity contribution < 1.29 is 24.2 Å². The molecule has 0 saturated carbocycles. The van der Waals surface area contributed by atoms with Crippen molar-refractivity contribution in [1.82, 2.24) is 20.9 Å². The number of hydrogen-bond donors (Lipinski definition) is 4. The lowest BCUT2D eigenvalue weighted by atomic mass is 9.82. The molecule has 1 unspecified atom stereocenters. The number of ether oxygens (including phenoxy) is 2. The molecule has 2 aliphatic rings. The molecule has 9 nitrogen and oxygen atoms in total. The Kier molecular flexibility index (Phi) is 9.96.